The molecule has 1 aliphatic carbocycles. The molecule has 32 heavy (non-hydrogen) atoms. The minimum Gasteiger partial charge on any atom is -0.368 e. The molecule has 2 amide bonds. The minimum atomic E-state index is -0.932. The Kier molecular flexibility index (Phi) is 5.84. The molecule has 10 nitrogen and oxygen atoms in total. The number of benzene rings is 1. The fraction of sp³-hybridized carbons (Fsp3) is 0.227. The van der Waals surface area contributed by atoms with E-state index in [1.807, 2.05) is 30.3 Å². The van der Waals surface area contributed by atoms with Gasteiger partial charge in [-0.15, -0.1) is 0 Å². The topological polar surface area (TPSA) is 169 Å². The van der Waals surface area contributed by atoms with Crippen LogP contribution in [-0.4, -0.2) is 32.8 Å². The molecule has 0 bridgehead atoms. The number of pyridine rings is 1. The molecule has 0 unspecified atom stereocenters. The first kappa shape index (κ1) is 21.0. The molecule has 1 saturated carbocycles. The van der Waals surface area contributed by atoms with Gasteiger partial charge in [0.25, 0.3) is 11.5 Å². The molecule has 4 rings (SSSR count). The summed E-state index contributed by atoms with van der Waals surface area (Å²) in [6.45, 7) is 0. The summed E-state index contributed by atoms with van der Waals surface area (Å²) < 4.78 is 0. The Balaban J connectivity index is 1.66. The van der Waals surface area contributed by atoms with E-state index in [0.29, 0.717) is 18.0 Å². The molecule has 3 aromatic rings. The summed E-state index contributed by atoms with van der Waals surface area (Å²) >= 11 is 0. The molecule has 1 fully saturated rings. The number of hydrogen-bond donors (Lipinski definition) is 5. The van der Waals surface area contributed by atoms with Crippen LogP contribution >= 0.6 is 0 Å². The fourth-order valence-electron chi connectivity index (χ4n) is 3.39. The third-order valence-corrected chi connectivity index (χ3v) is 5.17. The summed E-state index contributed by atoms with van der Waals surface area (Å²) in [6.07, 6.45) is 4.31. The van der Waals surface area contributed by atoms with Crippen LogP contribution in [0.1, 0.15) is 29.6 Å². The second-order valence-electron chi connectivity index (χ2n) is 7.70. The van der Waals surface area contributed by atoms with E-state index in [1.165, 1.54) is 0 Å². The summed E-state index contributed by atoms with van der Waals surface area (Å²) in [5.41, 5.74) is 12.0. The van der Waals surface area contributed by atoms with Gasteiger partial charge in [-0.05, 0) is 36.6 Å². The van der Waals surface area contributed by atoms with Crippen molar-refractivity contribution in [3.05, 3.63) is 64.6 Å². The van der Waals surface area contributed by atoms with Crippen LogP contribution in [0.25, 0.3) is 11.3 Å². The van der Waals surface area contributed by atoms with E-state index in [2.05, 4.69) is 25.6 Å². The first-order chi connectivity index (χ1) is 15.4. The highest BCUT2D eigenvalue weighted by molar-refractivity contribution is 5.98. The molecule has 7 N–H and O–H groups in total. The number of primary amides is 2. The Labute approximate surface area is 183 Å². The van der Waals surface area contributed by atoms with Gasteiger partial charge in [0.2, 0.25) is 11.9 Å². The van der Waals surface area contributed by atoms with Gasteiger partial charge in [0.15, 0.2) is 5.82 Å². The second kappa shape index (κ2) is 8.88. The van der Waals surface area contributed by atoms with E-state index in [9.17, 15) is 14.4 Å². The van der Waals surface area contributed by atoms with E-state index in [4.69, 9.17) is 11.5 Å². The van der Waals surface area contributed by atoms with Gasteiger partial charge in [0.1, 0.15) is 11.6 Å². The van der Waals surface area contributed by atoms with Crippen LogP contribution in [0, 0.1) is 5.92 Å². The van der Waals surface area contributed by atoms with Crippen molar-refractivity contribution in [2.24, 2.45) is 17.4 Å². The lowest BCUT2D eigenvalue weighted by Gasteiger charge is -2.17. The molecule has 0 aliphatic heterocycles. The number of amides is 2. The van der Waals surface area contributed by atoms with Gasteiger partial charge in [-0.1, -0.05) is 31.0 Å². The Morgan fingerprint density at radius 3 is 2.62 bits per heavy atom. The molecule has 0 spiro atoms. The molecule has 164 valence electrons. The average Bonchev–Trinajstić information content (AvgIpc) is 3.58. The summed E-state index contributed by atoms with van der Waals surface area (Å²) in [7, 11) is 0. The average molecular weight is 433 g/mol. The molecular formula is C22H23N7O3. The monoisotopic (exact) mass is 433 g/mol. The zero-order chi connectivity index (χ0) is 22.7. The van der Waals surface area contributed by atoms with Crippen molar-refractivity contribution in [1.29, 1.82) is 0 Å². The van der Waals surface area contributed by atoms with Gasteiger partial charge < -0.3 is 22.1 Å². The highest BCUT2D eigenvalue weighted by atomic mass is 16.2. The number of aromatic nitrogens is 3. The maximum Gasteiger partial charge on any atom is 0.267 e. The van der Waals surface area contributed by atoms with Gasteiger partial charge in [0, 0.05) is 17.4 Å². The maximum absolute atomic E-state index is 12.6. The van der Waals surface area contributed by atoms with Crippen molar-refractivity contribution in [1.82, 2.24) is 15.0 Å². The Hall–Kier alpha value is -4.21. The number of carbonyl (C=O) groups excluding carboxylic acids is 2. The molecule has 0 saturated heterocycles. The number of nitrogens with two attached hydrogens (primary N) is 2. The predicted molar refractivity (Wildman–Crippen MR) is 120 cm³/mol. The maximum atomic E-state index is 12.6. The standard InChI is InChI=1S/C22H23N7O3/c23-18(30)16(10-12-7-8-12)27-22-28-20(17(19(24)31)21(32)29-22)26-14-5-3-4-13(11-14)15-6-1-2-9-25-15/h1-6,9,11-12,16H,7-8,10H2,(H2,23,30)(H2,24,31)(H3,26,27,28,29,32)/t16-/m0/s1. The molecule has 2 heterocycles. The molecular weight excluding hydrogens is 410 g/mol. The fourth-order valence-corrected chi connectivity index (χ4v) is 3.39. The normalized spacial score (nSPS) is 13.9. The lowest BCUT2D eigenvalue weighted by atomic mass is 10.1. The first-order valence-corrected chi connectivity index (χ1v) is 10.2. The van der Waals surface area contributed by atoms with Crippen molar-refractivity contribution >= 4 is 29.3 Å². The highest BCUT2D eigenvalue weighted by Crippen LogP contribution is 2.34. The zero-order valence-corrected chi connectivity index (χ0v) is 17.2. The predicted octanol–water partition coefficient (Wildman–Crippen LogP) is 1.74. The molecule has 1 atom stereocenters. The van der Waals surface area contributed by atoms with Crippen LogP contribution < -0.4 is 27.7 Å². The number of H-pyrrole nitrogens is 1. The number of nitrogens with zero attached hydrogens (tertiary/aromatic N) is 2. The second-order valence-corrected chi connectivity index (χ2v) is 7.70. The number of carbonyl (C=O) groups is 2. The number of hydrogen-bond acceptors (Lipinski definition) is 7. The summed E-state index contributed by atoms with van der Waals surface area (Å²) in [6, 6.07) is 12.1. The number of rotatable bonds is 9. The molecule has 10 heteroatoms. The largest absolute Gasteiger partial charge is 0.368 e. The van der Waals surface area contributed by atoms with Crippen LogP contribution in [0.4, 0.5) is 17.5 Å². The first-order valence-electron chi connectivity index (χ1n) is 10.2. The summed E-state index contributed by atoms with van der Waals surface area (Å²) in [5, 5.41) is 5.86. The smallest absolute Gasteiger partial charge is 0.267 e. The van der Waals surface area contributed by atoms with Crippen LogP contribution in [0.3, 0.4) is 0 Å². The van der Waals surface area contributed by atoms with Crippen molar-refractivity contribution < 1.29 is 9.59 Å². The van der Waals surface area contributed by atoms with Gasteiger partial charge in [-0.25, -0.2) is 0 Å². The van der Waals surface area contributed by atoms with E-state index < -0.39 is 23.4 Å². The van der Waals surface area contributed by atoms with E-state index >= 15 is 0 Å². The highest BCUT2D eigenvalue weighted by Gasteiger charge is 2.29. The molecule has 1 aromatic carbocycles. The Morgan fingerprint density at radius 2 is 1.97 bits per heavy atom. The number of nitrogens with one attached hydrogen (secondary N) is 3. The SMILES string of the molecule is NC(=O)c1c(Nc2cccc(-c3ccccn3)c2)nc(N[C@@H](CC2CC2)C(N)=O)[nH]c1=O. The molecule has 2 aromatic heterocycles. The van der Waals surface area contributed by atoms with Gasteiger partial charge in [-0.2, -0.15) is 4.98 Å². The summed E-state index contributed by atoms with van der Waals surface area (Å²) in [4.78, 5) is 47.4. The third-order valence-electron chi connectivity index (χ3n) is 5.17. The molecule has 1 aliphatic rings. The third kappa shape index (κ3) is 4.91. The van der Waals surface area contributed by atoms with E-state index in [-0.39, 0.29) is 17.3 Å². The Bertz CT molecular complexity index is 1210. The van der Waals surface area contributed by atoms with Gasteiger partial charge in [-0.3, -0.25) is 24.4 Å². The number of anilines is 3. The van der Waals surface area contributed by atoms with Gasteiger partial charge in [0.05, 0.1) is 5.69 Å². The van der Waals surface area contributed by atoms with Crippen molar-refractivity contribution in [2.75, 3.05) is 10.6 Å². The van der Waals surface area contributed by atoms with E-state index in [1.54, 1.807) is 18.3 Å². The molecule has 0 radical (unpaired) electrons. The van der Waals surface area contributed by atoms with Gasteiger partial charge >= 0.3 is 0 Å². The Morgan fingerprint density at radius 1 is 1.16 bits per heavy atom. The van der Waals surface area contributed by atoms with Crippen LogP contribution in [0.2, 0.25) is 0 Å². The van der Waals surface area contributed by atoms with Crippen LogP contribution in [0.5, 0.6) is 0 Å². The van der Waals surface area contributed by atoms with Crippen molar-refractivity contribution in [3.63, 3.8) is 0 Å². The summed E-state index contributed by atoms with van der Waals surface area (Å²) in [5.74, 6) is -1.07. The lowest BCUT2D eigenvalue weighted by molar-refractivity contribution is -0.119. The van der Waals surface area contributed by atoms with Crippen LogP contribution in [-0.2, 0) is 4.79 Å². The van der Waals surface area contributed by atoms with E-state index in [0.717, 1.165) is 24.1 Å². The zero-order valence-electron chi connectivity index (χ0n) is 17.2. The van der Waals surface area contributed by atoms with Crippen LogP contribution in [0.15, 0.2) is 53.5 Å². The minimum absolute atomic E-state index is 0.0211. The quantitative estimate of drug-likeness (QED) is 0.342. The number of aromatic amines is 1. The lowest BCUT2D eigenvalue weighted by Crippen LogP contribution is -2.37. The van der Waals surface area contributed by atoms with Crippen molar-refractivity contribution in [2.45, 2.75) is 25.3 Å². The van der Waals surface area contributed by atoms with Crippen molar-refractivity contribution in [3.8, 4) is 11.3 Å².